The zero-order valence-corrected chi connectivity index (χ0v) is 13.4. The quantitative estimate of drug-likeness (QED) is 0.838. The number of benzene rings is 1. The third-order valence-corrected chi connectivity index (χ3v) is 4.86. The van der Waals surface area contributed by atoms with Crippen molar-refractivity contribution in [3.63, 3.8) is 0 Å². The summed E-state index contributed by atoms with van der Waals surface area (Å²) in [5.74, 6) is -3.65. The van der Waals surface area contributed by atoms with Crippen LogP contribution >= 0.6 is 10.7 Å². The van der Waals surface area contributed by atoms with E-state index >= 15 is 0 Å². The van der Waals surface area contributed by atoms with Gasteiger partial charge in [-0.15, -0.1) is 0 Å². The largest absolute Gasteiger partial charge is 0.347 e. The molecule has 0 unspecified atom stereocenters. The Morgan fingerprint density at radius 1 is 1.29 bits per heavy atom. The maximum atomic E-state index is 14.1. The van der Waals surface area contributed by atoms with Crippen LogP contribution in [0.25, 0.3) is 0 Å². The first-order chi connectivity index (χ1) is 9.55. The summed E-state index contributed by atoms with van der Waals surface area (Å²) in [6.45, 7) is 5.36. The fraction of sp³-hybridized carbons (Fsp3) is 0.462. The highest BCUT2D eigenvalue weighted by molar-refractivity contribution is 8.13. The Morgan fingerprint density at radius 2 is 1.81 bits per heavy atom. The standard InChI is InChI=1S/C13H16ClF2NO3S/c1-4-13(3,5-2)17-12(18)10-8(15)6-7-9(11(10)16)21(14,19)20/h6-7H,4-5H2,1-3H3,(H,17,18). The lowest BCUT2D eigenvalue weighted by atomic mass is 9.95. The summed E-state index contributed by atoms with van der Waals surface area (Å²) in [5.41, 5.74) is -1.60. The second-order valence-corrected chi connectivity index (χ2v) is 7.43. The van der Waals surface area contributed by atoms with Gasteiger partial charge in [0.15, 0.2) is 5.82 Å². The maximum Gasteiger partial charge on any atom is 0.264 e. The summed E-state index contributed by atoms with van der Waals surface area (Å²) in [6.07, 6.45) is 1.10. The third-order valence-electron chi connectivity index (χ3n) is 3.52. The van der Waals surface area contributed by atoms with Crippen LogP contribution in [0.15, 0.2) is 17.0 Å². The Balaban J connectivity index is 3.34. The number of hydrogen-bond donors (Lipinski definition) is 1. The number of amides is 1. The topological polar surface area (TPSA) is 63.2 Å². The first-order valence-corrected chi connectivity index (χ1v) is 8.62. The summed E-state index contributed by atoms with van der Waals surface area (Å²) < 4.78 is 50.2. The summed E-state index contributed by atoms with van der Waals surface area (Å²) in [7, 11) is 0.648. The average molecular weight is 340 g/mol. The molecule has 1 rings (SSSR count). The Kier molecular flexibility index (Phi) is 5.33. The third kappa shape index (κ3) is 3.91. The summed E-state index contributed by atoms with van der Waals surface area (Å²) in [4.78, 5) is 11.1. The van der Waals surface area contributed by atoms with Crippen molar-refractivity contribution in [2.75, 3.05) is 0 Å². The van der Waals surface area contributed by atoms with Gasteiger partial charge in [0.1, 0.15) is 16.3 Å². The lowest BCUT2D eigenvalue weighted by Gasteiger charge is -2.28. The van der Waals surface area contributed by atoms with Gasteiger partial charge in [-0.2, -0.15) is 0 Å². The minimum absolute atomic E-state index is 0.548. The molecule has 21 heavy (non-hydrogen) atoms. The molecule has 0 aliphatic heterocycles. The SMILES string of the molecule is CCC(C)(CC)NC(=O)c1c(F)ccc(S(=O)(=O)Cl)c1F. The van der Waals surface area contributed by atoms with E-state index < -0.39 is 42.6 Å². The van der Waals surface area contributed by atoms with Gasteiger partial charge >= 0.3 is 0 Å². The first kappa shape index (κ1) is 17.8. The molecule has 1 amide bonds. The maximum absolute atomic E-state index is 14.1. The van der Waals surface area contributed by atoms with Crippen LogP contribution in [0.3, 0.4) is 0 Å². The molecule has 0 aliphatic carbocycles. The van der Waals surface area contributed by atoms with E-state index in [0.717, 1.165) is 0 Å². The van der Waals surface area contributed by atoms with E-state index in [9.17, 15) is 22.0 Å². The molecule has 118 valence electrons. The molecule has 0 saturated carbocycles. The van der Waals surface area contributed by atoms with Gasteiger partial charge in [-0.3, -0.25) is 4.79 Å². The molecule has 0 aliphatic rings. The monoisotopic (exact) mass is 339 g/mol. The van der Waals surface area contributed by atoms with Gasteiger partial charge < -0.3 is 5.32 Å². The lowest BCUT2D eigenvalue weighted by Crippen LogP contribution is -2.45. The van der Waals surface area contributed by atoms with Gasteiger partial charge in [0.25, 0.3) is 15.0 Å². The normalized spacial score (nSPS) is 12.3. The average Bonchev–Trinajstić information content (AvgIpc) is 2.36. The number of nitrogens with one attached hydrogen (secondary N) is 1. The summed E-state index contributed by atoms with van der Waals surface area (Å²) in [6, 6.07) is 1.38. The van der Waals surface area contributed by atoms with Crippen LogP contribution in [0, 0.1) is 11.6 Å². The molecule has 0 spiro atoms. The Bertz CT molecular complexity index is 658. The van der Waals surface area contributed by atoms with Gasteiger partial charge in [-0.25, -0.2) is 17.2 Å². The van der Waals surface area contributed by atoms with Crippen LogP contribution in [0.1, 0.15) is 44.0 Å². The van der Waals surface area contributed by atoms with Crippen LogP contribution in [0.2, 0.25) is 0 Å². The first-order valence-electron chi connectivity index (χ1n) is 6.31. The molecule has 0 bridgehead atoms. The van der Waals surface area contributed by atoms with Gasteiger partial charge in [-0.1, -0.05) is 13.8 Å². The molecule has 1 aromatic carbocycles. The predicted molar refractivity (Wildman–Crippen MR) is 75.9 cm³/mol. The number of hydrogen-bond acceptors (Lipinski definition) is 3. The van der Waals surface area contributed by atoms with Crippen molar-refractivity contribution in [1.29, 1.82) is 0 Å². The highest BCUT2D eigenvalue weighted by Crippen LogP contribution is 2.25. The van der Waals surface area contributed by atoms with Crippen molar-refractivity contribution in [3.05, 3.63) is 29.3 Å². The molecule has 1 aromatic rings. The molecule has 8 heteroatoms. The highest BCUT2D eigenvalue weighted by Gasteiger charge is 2.29. The zero-order chi connectivity index (χ0) is 16.4. The lowest BCUT2D eigenvalue weighted by molar-refractivity contribution is 0.0891. The summed E-state index contributed by atoms with van der Waals surface area (Å²) in [5, 5.41) is 2.51. The minimum Gasteiger partial charge on any atom is -0.347 e. The van der Waals surface area contributed by atoms with Crippen LogP contribution in [0.4, 0.5) is 8.78 Å². The Labute approximate surface area is 126 Å². The highest BCUT2D eigenvalue weighted by atomic mass is 35.7. The van der Waals surface area contributed by atoms with E-state index in [1.807, 2.05) is 13.8 Å². The van der Waals surface area contributed by atoms with Crippen LogP contribution in [-0.4, -0.2) is 19.9 Å². The van der Waals surface area contributed by atoms with Crippen LogP contribution in [0.5, 0.6) is 0 Å². The van der Waals surface area contributed by atoms with E-state index in [-0.39, 0.29) is 0 Å². The second-order valence-electron chi connectivity index (χ2n) is 4.89. The molecule has 0 saturated heterocycles. The van der Waals surface area contributed by atoms with Gasteiger partial charge in [0, 0.05) is 16.2 Å². The fourth-order valence-electron chi connectivity index (χ4n) is 1.69. The smallest absolute Gasteiger partial charge is 0.264 e. The molecule has 4 nitrogen and oxygen atoms in total. The van der Waals surface area contributed by atoms with E-state index in [2.05, 4.69) is 5.32 Å². The zero-order valence-electron chi connectivity index (χ0n) is 11.8. The summed E-state index contributed by atoms with van der Waals surface area (Å²) >= 11 is 0. The van der Waals surface area contributed by atoms with Crippen molar-refractivity contribution < 1.29 is 22.0 Å². The molecule has 0 aromatic heterocycles. The van der Waals surface area contributed by atoms with Crippen molar-refractivity contribution in [2.24, 2.45) is 0 Å². The van der Waals surface area contributed by atoms with Crippen LogP contribution in [-0.2, 0) is 9.05 Å². The predicted octanol–water partition coefficient (Wildman–Crippen LogP) is 3.20. The van der Waals surface area contributed by atoms with Crippen molar-refractivity contribution in [2.45, 2.75) is 44.0 Å². The molecule has 1 N–H and O–H groups in total. The van der Waals surface area contributed by atoms with E-state index in [1.165, 1.54) is 0 Å². The number of carbonyl (C=O) groups excluding carboxylic acids is 1. The number of halogens is 3. The molecular formula is C13H16ClF2NO3S. The van der Waals surface area contributed by atoms with Gasteiger partial charge in [-0.05, 0) is 31.9 Å². The fourth-order valence-corrected chi connectivity index (χ4v) is 2.60. The number of carbonyl (C=O) groups is 1. The molecule has 0 fully saturated rings. The van der Waals surface area contributed by atoms with Crippen molar-refractivity contribution in [3.8, 4) is 0 Å². The minimum atomic E-state index is -4.41. The van der Waals surface area contributed by atoms with Gasteiger partial charge in [0.2, 0.25) is 0 Å². The Hall–Kier alpha value is -1.21. The molecule has 0 radical (unpaired) electrons. The van der Waals surface area contributed by atoms with E-state index in [4.69, 9.17) is 10.7 Å². The van der Waals surface area contributed by atoms with Crippen molar-refractivity contribution in [1.82, 2.24) is 5.32 Å². The van der Waals surface area contributed by atoms with Crippen LogP contribution < -0.4 is 5.32 Å². The Morgan fingerprint density at radius 3 is 2.24 bits per heavy atom. The van der Waals surface area contributed by atoms with Crippen molar-refractivity contribution >= 4 is 25.6 Å². The number of rotatable bonds is 5. The van der Waals surface area contributed by atoms with Gasteiger partial charge in [0.05, 0.1) is 0 Å². The molecular weight excluding hydrogens is 324 g/mol. The molecule has 0 atom stereocenters. The second kappa shape index (κ2) is 6.27. The van der Waals surface area contributed by atoms with E-state index in [1.54, 1.807) is 6.92 Å². The van der Waals surface area contributed by atoms with E-state index in [0.29, 0.717) is 25.0 Å². The molecule has 0 heterocycles.